The minimum absolute atomic E-state index is 0.259. The third-order valence-electron chi connectivity index (χ3n) is 3.46. The molecule has 3 rings (SSSR count). The van der Waals surface area contributed by atoms with Gasteiger partial charge in [-0.15, -0.1) is 0 Å². The summed E-state index contributed by atoms with van der Waals surface area (Å²) in [6, 6.07) is 13.3. The maximum atomic E-state index is 11.8. The minimum atomic E-state index is -0.460. The van der Waals surface area contributed by atoms with E-state index in [1.54, 1.807) is 42.5 Å². The summed E-state index contributed by atoms with van der Waals surface area (Å²) in [5, 5.41) is 5.51. The van der Waals surface area contributed by atoms with E-state index < -0.39 is 5.91 Å². The lowest BCUT2D eigenvalue weighted by molar-refractivity contribution is -0.123. The lowest BCUT2D eigenvalue weighted by atomic mass is 10.2. The molecule has 2 aromatic carbocycles. The van der Waals surface area contributed by atoms with Crippen LogP contribution in [0.1, 0.15) is 5.76 Å². The first-order chi connectivity index (χ1) is 13.4. The van der Waals surface area contributed by atoms with Gasteiger partial charge >= 0.3 is 0 Å². The highest BCUT2D eigenvalue weighted by atomic mass is 35.5. The van der Waals surface area contributed by atoms with Gasteiger partial charge < -0.3 is 9.15 Å². The Morgan fingerprint density at radius 3 is 2.57 bits per heavy atom. The standard InChI is InChI=1S/C19H12Cl4N2O3/c20-12-2-5-18(16(23)8-12)27-10-19(26)25-24-9-13-3-6-17(28-13)11-1-4-14(21)15(22)7-11/h1-9H,10H2,(H,25,26). The molecule has 0 aliphatic carbocycles. The van der Waals surface area contributed by atoms with Crippen LogP contribution in [0.3, 0.4) is 0 Å². The smallest absolute Gasteiger partial charge is 0.277 e. The number of hydrogen-bond donors (Lipinski definition) is 1. The fraction of sp³-hybridized carbons (Fsp3) is 0.0526. The van der Waals surface area contributed by atoms with Gasteiger partial charge in [0, 0.05) is 10.6 Å². The second kappa shape index (κ2) is 9.34. The zero-order valence-electron chi connectivity index (χ0n) is 14.1. The molecular formula is C19H12Cl4N2O3. The van der Waals surface area contributed by atoms with Gasteiger partial charge in [-0.1, -0.05) is 46.4 Å². The number of carbonyl (C=O) groups excluding carboxylic acids is 1. The van der Waals surface area contributed by atoms with Gasteiger partial charge in [-0.3, -0.25) is 4.79 Å². The summed E-state index contributed by atoms with van der Waals surface area (Å²) in [7, 11) is 0. The highest BCUT2D eigenvalue weighted by Crippen LogP contribution is 2.29. The van der Waals surface area contributed by atoms with E-state index in [1.165, 1.54) is 12.3 Å². The van der Waals surface area contributed by atoms with Crippen LogP contribution >= 0.6 is 46.4 Å². The largest absolute Gasteiger partial charge is 0.482 e. The molecule has 1 aromatic heterocycles. The van der Waals surface area contributed by atoms with Crippen LogP contribution in [0, 0.1) is 0 Å². The molecule has 1 heterocycles. The van der Waals surface area contributed by atoms with E-state index in [4.69, 9.17) is 55.6 Å². The average Bonchev–Trinajstić information content (AvgIpc) is 3.12. The quantitative estimate of drug-likeness (QED) is 0.359. The van der Waals surface area contributed by atoms with Crippen LogP contribution in [-0.2, 0) is 4.79 Å². The van der Waals surface area contributed by atoms with Crippen LogP contribution in [0.2, 0.25) is 20.1 Å². The molecule has 1 amide bonds. The first kappa shape index (κ1) is 20.6. The van der Waals surface area contributed by atoms with Crippen molar-refractivity contribution >= 4 is 58.5 Å². The van der Waals surface area contributed by atoms with Gasteiger partial charge in [0.15, 0.2) is 6.61 Å². The summed E-state index contributed by atoms with van der Waals surface area (Å²) >= 11 is 23.7. The molecule has 0 fully saturated rings. The normalized spacial score (nSPS) is 11.0. The van der Waals surface area contributed by atoms with Crippen LogP contribution in [0.4, 0.5) is 0 Å². The zero-order chi connectivity index (χ0) is 20.1. The van der Waals surface area contributed by atoms with Gasteiger partial charge in [-0.05, 0) is 48.5 Å². The van der Waals surface area contributed by atoms with E-state index in [1.807, 2.05) is 0 Å². The van der Waals surface area contributed by atoms with Crippen LogP contribution in [0.25, 0.3) is 11.3 Å². The predicted octanol–water partition coefficient (Wildman–Crippen LogP) is 6.09. The fourth-order valence-corrected chi connectivity index (χ4v) is 2.92. The number of ether oxygens (including phenoxy) is 1. The molecule has 144 valence electrons. The van der Waals surface area contributed by atoms with Crippen molar-refractivity contribution in [1.82, 2.24) is 5.43 Å². The number of halogens is 4. The highest BCUT2D eigenvalue weighted by Gasteiger charge is 2.08. The topological polar surface area (TPSA) is 63.8 Å². The van der Waals surface area contributed by atoms with Gasteiger partial charge in [0.2, 0.25) is 0 Å². The molecule has 0 saturated carbocycles. The van der Waals surface area contributed by atoms with Gasteiger partial charge in [0.05, 0.1) is 21.3 Å². The van der Waals surface area contributed by atoms with Crippen LogP contribution in [-0.4, -0.2) is 18.7 Å². The number of nitrogens with zero attached hydrogens (tertiary/aromatic N) is 1. The summed E-state index contributed by atoms with van der Waals surface area (Å²) < 4.78 is 11.0. The third-order valence-corrected chi connectivity index (χ3v) is 4.73. The Kier molecular flexibility index (Phi) is 6.86. The number of furan rings is 1. The van der Waals surface area contributed by atoms with E-state index >= 15 is 0 Å². The summed E-state index contributed by atoms with van der Waals surface area (Å²) in [4.78, 5) is 11.8. The molecule has 0 radical (unpaired) electrons. The monoisotopic (exact) mass is 456 g/mol. The molecule has 3 aromatic rings. The lowest BCUT2D eigenvalue weighted by Crippen LogP contribution is -2.24. The van der Waals surface area contributed by atoms with E-state index in [-0.39, 0.29) is 6.61 Å². The minimum Gasteiger partial charge on any atom is -0.482 e. The Labute approximate surface area is 180 Å². The van der Waals surface area contributed by atoms with Crippen molar-refractivity contribution in [3.05, 3.63) is 74.4 Å². The number of hydrazone groups is 1. The van der Waals surface area contributed by atoms with E-state index in [0.29, 0.717) is 37.4 Å². The maximum Gasteiger partial charge on any atom is 0.277 e. The Hall–Kier alpha value is -2.18. The summed E-state index contributed by atoms with van der Waals surface area (Å²) in [6.07, 6.45) is 1.37. The summed E-state index contributed by atoms with van der Waals surface area (Å²) in [6.45, 7) is -0.259. The number of benzene rings is 2. The third kappa shape index (κ3) is 5.42. The number of carbonyl (C=O) groups is 1. The van der Waals surface area contributed by atoms with Crippen molar-refractivity contribution in [3.8, 4) is 17.1 Å². The van der Waals surface area contributed by atoms with Crippen molar-refractivity contribution < 1.29 is 13.9 Å². The predicted molar refractivity (Wildman–Crippen MR) is 112 cm³/mol. The molecule has 0 aliphatic rings. The number of hydrogen-bond acceptors (Lipinski definition) is 4. The Balaban J connectivity index is 1.53. The van der Waals surface area contributed by atoms with E-state index in [9.17, 15) is 4.79 Å². The second-order valence-electron chi connectivity index (χ2n) is 5.49. The van der Waals surface area contributed by atoms with E-state index in [2.05, 4.69) is 10.5 Å². The van der Waals surface area contributed by atoms with Crippen molar-refractivity contribution in [2.45, 2.75) is 0 Å². The van der Waals surface area contributed by atoms with E-state index in [0.717, 1.165) is 5.56 Å². The van der Waals surface area contributed by atoms with Crippen molar-refractivity contribution in [1.29, 1.82) is 0 Å². The number of nitrogens with one attached hydrogen (secondary N) is 1. The molecule has 0 spiro atoms. The molecule has 0 bridgehead atoms. The maximum absolute atomic E-state index is 11.8. The van der Waals surface area contributed by atoms with Crippen molar-refractivity contribution in [3.63, 3.8) is 0 Å². The Morgan fingerprint density at radius 2 is 1.82 bits per heavy atom. The van der Waals surface area contributed by atoms with Gasteiger partial charge in [-0.2, -0.15) is 5.10 Å². The lowest BCUT2D eigenvalue weighted by Gasteiger charge is -2.06. The molecule has 0 unspecified atom stereocenters. The Morgan fingerprint density at radius 1 is 1.00 bits per heavy atom. The first-order valence-corrected chi connectivity index (χ1v) is 9.38. The molecule has 0 atom stereocenters. The van der Waals surface area contributed by atoms with Crippen LogP contribution in [0.15, 0.2) is 58.0 Å². The van der Waals surface area contributed by atoms with Gasteiger partial charge in [0.1, 0.15) is 17.3 Å². The van der Waals surface area contributed by atoms with Crippen molar-refractivity contribution in [2.24, 2.45) is 5.10 Å². The molecule has 0 saturated heterocycles. The van der Waals surface area contributed by atoms with Gasteiger partial charge in [0.25, 0.3) is 5.91 Å². The number of rotatable bonds is 6. The zero-order valence-corrected chi connectivity index (χ0v) is 17.1. The highest BCUT2D eigenvalue weighted by molar-refractivity contribution is 6.42. The summed E-state index contributed by atoms with van der Waals surface area (Å²) in [5.41, 5.74) is 3.11. The Bertz CT molecular complexity index is 1030. The van der Waals surface area contributed by atoms with Crippen LogP contribution < -0.4 is 10.2 Å². The first-order valence-electron chi connectivity index (χ1n) is 7.87. The molecule has 5 nitrogen and oxygen atoms in total. The molecule has 1 N–H and O–H groups in total. The fourth-order valence-electron chi connectivity index (χ4n) is 2.16. The molecular weight excluding hydrogens is 446 g/mol. The number of amides is 1. The van der Waals surface area contributed by atoms with Crippen molar-refractivity contribution in [2.75, 3.05) is 6.61 Å². The molecule has 28 heavy (non-hydrogen) atoms. The molecule has 0 aliphatic heterocycles. The molecule has 9 heteroatoms. The second-order valence-corrected chi connectivity index (χ2v) is 7.15. The van der Waals surface area contributed by atoms with Crippen LogP contribution in [0.5, 0.6) is 5.75 Å². The SMILES string of the molecule is O=C(COc1ccc(Cl)cc1Cl)NN=Cc1ccc(-c2ccc(Cl)c(Cl)c2)o1. The van der Waals surface area contributed by atoms with Gasteiger partial charge in [-0.25, -0.2) is 5.43 Å². The summed E-state index contributed by atoms with van der Waals surface area (Å²) in [5.74, 6) is 0.927. The average molecular weight is 458 g/mol.